The Bertz CT molecular complexity index is 1840. The van der Waals surface area contributed by atoms with Gasteiger partial charge in [0.1, 0.15) is 0 Å². The predicted octanol–water partition coefficient (Wildman–Crippen LogP) is 4.39. The molecule has 0 radical (unpaired) electrons. The minimum absolute atomic E-state index is 0.00907. The van der Waals surface area contributed by atoms with Crippen molar-refractivity contribution < 1.29 is 31.5 Å². The molecule has 256 valence electrons. The van der Waals surface area contributed by atoms with Crippen molar-refractivity contribution in [1.29, 1.82) is 0 Å². The number of nitrogens with zero attached hydrogens (tertiary/aromatic N) is 5. The summed E-state index contributed by atoms with van der Waals surface area (Å²) < 4.78 is 70.1. The number of alkyl halides is 3. The highest BCUT2D eigenvalue weighted by Gasteiger charge is 2.35. The molecule has 14 heteroatoms. The van der Waals surface area contributed by atoms with E-state index in [4.69, 9.17) is 16.7 Å². The van der Waals surface area contributed by atoms with Gasteiger partial charge < -0.3 is 14.9 Å². The first kappa shape index (κ1) is 34.5. The molecule has 1 atom stereocenters. The number of halogens is 4. The highest BCUT2D eigenvalue weighted by Crippen LogP contribution is 2.37. The molecule has 48 heavy (non-hydrogen) atoms. The van der Waals surface area contributed by atoms with Crippen LogP contribution in [0.5, 0.6) is 0 Å². The van der Waals surface area contributed by atoms with Crippen LogP contribution in [-0.2, 0) is 40.5 Å². The lowest BCUT2D eigenvalue weighted by molar-refractivity contribution is -0.137. The van der Waals surface area contributed by atoms with E-state index in [1.165, 1.54) is 16.4 Å². The number of piperidine rings is 1. The first-order valence-corrected chi connectivity index (χ1v) is 18.2. The van der Waals surface area contributed by atoms with Gasteiger partial charge in [-0.05, 0) is 55.7 Å². The van der Waals surface area contributed by atoms with E-state index in [2.05, 4.69) is 16.7 Å². The summed E-state index contributed by atoms with van der Waals surface area (Å²) in [7, 11) is -3.56. The van der Waals surface area contributed by atoms with E-state index in [1.807, 2.05) is 4.90 Å². The Morgan fingerprint density at radius 1 is 1.02 bits per heavy atom. The van der Waals surface area contributed by atoms with Crippen LogP contribution in [-0.4, -0.2) is 94.4 Å². The number of rotatable bonds is 7. The predicted molar refractivity (Wildman–Crippen MR) is 175 cm³/mol. The zero-order chi connectivity index (χ0) is 34.2. The highest BCUT2D eigenvalue weighted by molar-refractivity contribution is 7.88. The Hall–Kier alpha value is -3.41. The van der Waals surface area contributed by atoms with E-state index < -0.39 is 27.9 Å². The van der Waals surface area contributed by atoms with Crippen molar-refractivity contribution in [1.82, 2.24) is 23.9 Å². The van der Waals surface area contributed by atoms with Crippen LogP contribution in [0.25, 0.3) is 11.3 Å². The first-order chi connectivity index (χ1) is 22.8. The van der Waals surface area contributed by atoms with Crippen molar-refractivity contribution in [3.63, 3.8) is 0 Å². The van der Waals surface area contributed by atoms with E-state index in [-0.39, 0.29) is 37.1 Å². The summed E-state index contributed by atoms with van der Waals surface area (Å²) in [4.78, 5) is 16.3. The van der Waals surface area contributed by atoms with Gasteiger partial charge in [-0.3, -0.25) is 9.48 Å². The summed E-state index contributed by atoms with van der Waals surface area (Å²) in [5.41, 5.74) is 1.40. The van der Waals surface area contributed by atoms with Gasteiger partial charge in [0.2, 0.25) is 15.9 Å². The van der Waals surface area contributed by atoms with Gasteiger partial charge in [-0.15, -0.1) is 0 Å². The van der Waals surface area contributed by atoms with Gasteiger partial charge in [-0.2, -0.15) is 22.6 Å². The van der Waals surface area contributed by atoms with Crippen LogP contribution in [0.1, 0.15) is 53.6 Å². The van der Waals surface area contributed by atoms with E-state index in [1.54, 1.807) is 28.9 Å². The quantitative estimate of drug-likeness (QED) is 0.367. The molecule has 2 aromatic carbocycles. The molecule has 1 unspecified atom stereocenters. The standard InChI is InChI=1S/C34H37ClF3N5O4S/c1-48(46,47)41-18-14-31-29(22-41)33(25-8-11-30(34(36,37)38)24(19-25)7-4-23-5-9-26(35)10-6-23)39-43(31)21-28(44)20-40-16-12-27(13-17-40)42-15-2-3-32(42)45/h5-6,8-11,19,27-28,44H,2-3,12-18,20-22H2,1H3. The molecule has 0 bridgehead atoms. The second-order valence-electron chi connectivity index (χ2n) is 12.7. The molecule has 0 spiro atoms. The number of benzene rings is 2. The minimum Gasteiger partial charge on any atom is -0.390 e. The zero-order valence-corrected chi connectivity index (χ0v) is 28.1. The molecule has 2 fully saturated rings. The zero-order valence-electron chi connectivity index (χ0n) is 26.5. The van der Waals surface area contributed by atoms with Crippen LogP contribution in [0.3, 0.4) is 0 Å². The fourth-order valence-corrected chi connectivity index (χ4v) is 7.78. The van der Waals surface area contributed by atoms with Crippen LogP contribution in [0.4, 0.5) is 13.2 Å². The number of carbonyl (C=O) groups excluding carboxylic acids is 1. The topological polar surface area (TPSA) is 99.0 Å². The van der Waals surface area contributed by atoms with Crippen LogP contribution < -0.4 is 0 Å². The molecule has 3 aliphatic heterocycles. The van der Waals surface area contributed by atoms with Crippen LogP contribution >= 0.6 is 11.6 Å². The monoisotopic (exact) mass is 703 g/mol. The lowest BCUT2D eigenvalue weighted by Gasteiger charge is -2.37. The summed E-state index contributed by atoms with van der Waals surface area (Å²) in [5, 5.41) is 16.4. The molecule has 6 rings (SSSR count). The lowest BCUT2D eigenvalue weighted by Crippen LogP contribution is -2.47. The number of hydrogen-bond donors (Lipinski definition) is 1. The third kappa shape index (κ3) is 7.74. The number of aliphatic hydroxyl groups excluding tert-OH is 1. The summed E-state index contributed by atoms with van der Waals surface area (Å²) in [6, 6.07) is 10.3. The second kappa shape index (κ2) is 13.8. The Labute approximate surface area is 283 Å². The van der Waals surface area contributed by atoms with E-state index >= 15 is 0 Å². The number of amides is 1. The molecule has 3 aliphatic rings. The fraction of sp³-hybridized carbons (Fsp3) is 0.471. The Morgan fingerprint density at radius 2 is 1.75 bits per heavy atom. The van der Waals surface area contributed by atoms with Gasteiger partial charge >= 0.3 is 6.18 Å². The largest absolute Gasteiger partial charge is 0.417 e. The van der Waals surface area contributed by atoms with Crippen LogP contribution in [0, 0.1) is 11.8 Å². The molecular weight excluding hydrogens is 667 g/mol. The van der Waals surface area contributed by atoms with Crippen molar-refractivity contribution in [3.05, 3.63) is 75.4 Å². The maximum Gasteiger partial charge on any atom is 0.417 e. The maximum atomic E-state index is 14.0. The number of β-amino-alcohol motifs (C(OH)–C–C–N with tert-alkyl or cyclic N) is 1. The van der Waals surface area contributed by atoms with Crippen molar-refractivity contribution in [2.75, 3.05) is 39.0 Å². The van der Waals surface area contributed by atoms with Gasteiger partial charge in [0.15, 0.2) is 0 Å². The summed E-state index contributed by atoms with van der Waals surface area (Å²) >= 11 is 5.94. The molecule has 2 saturated heterocycles. The highest BCUT2D eigenvalue weighted by atomic mass is 35.5. The molecule has 9 nitrogen and oxygen atoms in total. The molecule has 1 aromatic heterocycles. The molecule has 1 N–H and O–H groups in total. The number of aromatic nitrogens is 2. The van der Waals surface area contributed by atoms with Crippen molar-refractivity contribution in [3.8, 4) is 23.1 Å². The number of fused-ring (bicyclic) bond motifs is 1. The third-order valence-electron chi connectivity index (χ3n) is 9.31. The molecule has 0 saturated carbocycles. The number of likely N-dealkylation sites (tertiary alicyclic amines) is 2. The van der Waals surface area contributed by atoms with Gasteiger partial charge in [-0.25, -0.2) is 8.42 Å². The molecular formula is C34H37ClF3N5O4S. The molecule has 1 amide bonds. The normalized spacial score (nSPS) is 18.9. The number of aliphatic hydroxyl groups is 1. The summed E-state index contributed by atoms with van der Waals surface area (Å²) in [6.07, 6.45) is -0.790. The minimum atomic E-state index is -4.66. The third-order valence-corrected chi connectivity index (χ3v) is 10.8. The SMILES string of the molecule is CS(=O)(=O)N1CCc2c(c(-c3ccc(C(F)(F)F)c(C#Cc4ccc(Cl)cc4)c3)nn2CC(O)CN2CCC(N3CCCC3=O)CC2)C1. The van der Waals surface area contributed by atoms with Gasteiger partial charge in [-0.1, -0.05) is 29.5 Å². The second-order valence-corrected chi connectivity index (χ2v) is 15.1. The summed E-state index contributed by atoms with van der Waals surface area (Å²) in [6.45, 7) is 3.08. The Kier molecular flexibility index (Phi) is 9.93. The van der Waals surface area contributed by atoms with Crippen molar-refractivity contribution >= 4 is 27.5 Å². The van der Waals surface area contributed by atoms with E-state index in [0.717, 1.165) is 56.9 Å². The Morgan fingerprint density at radius 3 is 2.40 bits per heavy atom. The lowest BCUT2D eigenvalue weighted by atomic mass is 9.97. The van der Waals surface area contributed by atoms with Crippen LogP contribution in [0.2, 0.25) is 5.02 Å². The molecule has 0 aliphatic carbocycles. The van der Waals surface area contributed by atoms with Crippen LogP contribution in [0.15, 0.2) is 42.5 Å². The maximum absolute atomic E-state index is 14.0. The van der Waals surface area contributed by atoms with E-state index in [0.29, 0.717) is 46.8 Å². The molecule has 3 aromatic rings. The number of sulfonamides is 1. The summed E-state index contributed by atoms with van der Waals surface area (Å²) in [5.74, 6) is 5.66. The van der Waals surface area contributed by atoms with Crippen molar-refractivity contribution in [2.24, 2.45) is 0 Å². The van der Waals surface area contributed by atoms with Gasteiger partial charge in [0.25, 0.3) is 0 Å². The van der Waals surface area contributed by atoms with Crippen molar-refractivity contribution in [2.45, 2.75) is 63.5 Å². The fourth-order valence-electron chi connectivity index (χ4n) is 6.87. The molecule has 4 heterocycles. The number of hydrogen-bond acceptors (Lipinski definition) is 6. The number of carbonyl (C=O) groups is 1. The average Bonchev–Trinajstić information content (AvgIpc) is 3.63. The van der Waals surface area contributed by atoms with Gasteiger partial charge in [0.05, 0.1) is 30.2 Å². The first-order valence-electron chi connectivity index (χ1n) is 16.0. The average molecular weight is 704 g/mol. The Balaban J connectivity index is 1.27. The van der Waals surface area contributed by atoms with Gasteiger partial charge in [0, 0.05) is 91.1 Å². The van der Waals surface area contributed by atoms with E-state index in [9.17, 15) is 31.5 Å². The smallest absolute Gasteiger partial charge is 0.390 e.